The molecule has 0 bridgehead atoms. The van der Waals surface area contributed by atoms with Crippen molar-refractivity contribution in [3.63, 3.8) is 0 Å². The fourth-order valence-corrected chi connectivity index (χ4v) is 2.42. The molecule has 0 aliphatic rings. The second kappa shape index (κ2) is 8.99. The van der Waals surface area contributed by atoms with Gasteiger partial charge in [0.2, 0.25) is 0 Å². The van der Waals surface area contributed by atoms with E-state index in [-0.39, 0.29) is 18.3 Å². The Bertz CT molecular complexity index is 665. The van der Waals surface area contributed by atoms with Crippen LogP contribution in [-0.2, 0) is 9.53 Å². The fourth-order valence-electron chi connectivity index (χ4n) is 2.42. The lowest BCUT2D eigenvalue weighted by Crippen LogP contribution is -2.29. The highest BCUT2D eigenvalue weighted by atomic mass is 16.5. The maximum Gasteiger partial charge on any atom is 0.320 e. The topological polar surface area (TPSA) is 46.6 Å². The van der Waals surface area contributed by atoms with Crippen molar-refractivity contribution >= 4 is 11.8 Å². The van der Waals surface area contributed by atoms with Gasteiger partial charge in [0.25, 0.3) is 0 Å². The Morgan fingerprint density at radius 1 is 0.958 bits per heavy atom. The molecule has 4 heteroatoms. The first-order valence-electron chi connectivity index (χ1n) is 8.13. The van der Waals surface area contributed by atoms with E-state index in [4.69, 9.17) is 4.74 Å². The van der Waals surface area contributed by atoms with Crippen molar-refractivity contribution in [3.8, 4) is 11.1 Å². The molecule has 0 aromatic heterocycles. The van der Waals surface area contributed by atoms with Gasteiger partial charge in [-0.15, -0.1) is 0 Å². The van der Waals surface area contributed by atoms with Crippen molar-refractivity contribution in [1.82, 2.24) is 4.90 Å². The molecule has 126 valence electrons. The summed E-state index contributed by atoms with van der Waals surface area (Å²) in [6, 6.07) is 17.7. The van der Waals surface area contributed by atoms with Crippen LogP contribution in [0, 0.1) is 0 Å². The molecule has 0 spiro atoms. The third kappa shape index (κ3) is 5.32. The van der Waals surface area contributed by atoms with E-state index >= 15 is 0 Å². The average Bonchev–Trinajstić information content (AvgIpc) is 2.61. The molecule has 0 heterocycles. The van der Waals surface area contributed by atoms with Gasteiger partial charge in [-0.2, -0.15) is 0 Å². The van der Waals surface area contributed by atoms with Crippen LogP contribution < -0.4 is 0 Å². The van der Waals surface area contributed by atoms with Crippen molar-refractivity contribution in [2.24, 2.45) is 0 Å². The lowest BCUT2D eigenvalue weighted by Gasteiger charge is -2.14. The van der Waals surface area contributed by atoms with Crippen LogP contribution in [0.2, 0.25) is 0 Å². The van der Waals surface area contributed by atoms with Crippen LogP contribution in [0.15, 0.2) is 54.6 Å². The summed E-state index contributed by atoms with van der Waals surface area (Å²) in [5.41, 5.74) is 2.91. The first-order valence-corrected chi connectivity index (χ1v) is 8.13. The van der Waals surface area contributed by atoms with E-state index in [1.165, 1.54) is 0 Å². The Balaban J connectivity index is 1.88. The van der Waals surface area contributed by atoms with E-state index in [9.17, 15) is 9.59 Å². The zero-order valence-electron chi connectivity index (χ0n) is 14.2. The van der Waals surface area contributed by atoms with Gasteiger partial charge in [0, 0.05) is 18.5 Å². The van der Waals surface area contributed by atoms with Crippen LogP contribution in [-0.4, -0.2) is 43.4 Å². The highest BCUT2D eigenvalue weighted by Crippen LogP contribution is 2.19. The van der Waals surface area contributed by atoms with Gasteiger partial charge in [-0.05, 0) is 25.1 Å². The number of ether oxygens (including phenoxy) is 1. The maximum absolute atomic E-state index is 12.3. The summed E-state index contributed by atoms with van der Waals surface area (Å²) < 4.78 is 4.89. The number of benzene rings is 2. The minimum atomic E-state index is -0.264. The van der Waals surface area contributed by atoms with Gasteiger partial charge in [-0.25, -0.2) is 0 Å². The average molecular weight is 325 g/mol. The van der Waals surface area contributed by atoms with E-state index in [0.29, 0.717) is 25.1 Å². The smallest absolute Gasteiger partial charge is 0.320 e. The molecule has 0 amide bonds. The number of Topliss-reactive ketones (excluding diaryl/α,β-unsaturated/α-hetero) is 1. The van der Waals surface area contributed by atoms with Gasteiger partial charge >= 0.3 is 5.97 Å². The van der Waals surface area contributed by atoms with Gasteiger partial charge < -0.3 is 4.74 Å². The summed E-state index contributed by atoms with van der Waals surface area (Å²) in [4.78, 5) is 25.5. The van der Waals surface area contributed by atoms with Crippen LogP contribution >= 0.6 is 0 Å². The first-order chi connectivity index (χ1) is 11.6. The van der Waals surface area contributed by atoms with E-state index in [2.05, 4.69) is 0 Å². The van der Waals surface area contributed by atoms with Crippen molar-refractivity contribution in [2.75, 3.05) is 26.7 Å². The molecule has 0 saturated carbocycles. The highest BCUT2D eigenvalue weighted by molar-refractivity contribution is 5.96. The maximum atomic E-state index is 12.3. The number of carbonyl (C=O) groups excluding carboxylic acids is 2. The summed E-state index contributed by atoms with van der Waals surface area (Å²) in [6.45, 7) is 2.88. The molecule has 0 saturated heterocycles. The monoisotopic (exact) mass is 325 g/mol. The molecule has 24 heavy (non-hydrogen) atoms. The van der Waals surface area contributed by atoms with E-state index in [1.54, 1.807) is 11.8 Å². The van der Waals surface area contributed by atoms with Crippen molar-refractivity contribution in [2.45, 2.75) is 13.3 Å². The molecule has 2 rings (SSSR count). The Morgan fingerprint density at radius 3 is 2.21 bits per heavy atom. The van der Waals surface area contributed by atoms with Gasteiger partial charge in [-0.1, -0.05) is 54.6 Å². The van der Waals surface area contributed by atoms with Crippen LogP contribution in [0.4, 0.5) is 0 Å². The summed E-state index contributed by atoms with van der Waals surface area (Å²) >= 11 is 0. The fraction of sp³-hybridized carbons (Fsp3) is 0.300. The number of ketones is 1. The molecule has 2 aromatic carbocycles. The quantitative estimate of drug-likeness (QED) is 0.551. The second-order valence-corrected chi connectivity index (χ2v) is 5.66. The summed E-state index contributed by atoms with van der Waals surface area (Å²) in [6.07, 6.45) is 0.376. The molecule has 0 aliphatic carbocycles. The number of hydrogen-bond donors (Lipinski definition) is 0. The lowest BCUT2D eigenvalue weighted by atomic mass is 10.0. The third-order valence-corrected chi connectivity index (χ3v) is 3.74. The van der Waals surface area contributed by atoms with Crippen LogP contribution in [0.1, 0.15) is 23.7 Å². The second-order valence-electron chi connectivity index (χ2n) is 5.66. The lowest BCUT2D eigenvalue weighted by molar-refractivity contribution is -0.144. The first kappa shape index (κ1) is 17.9. The zero-order chi connectivity index (χ0) is 17.4. The molecule has 2 aromatic rings. The molecule has 0 aliphatic heterocycles. The number of likely N-dealkylation sites (N-methyl/N-ethyl adjacent to an activating group) is 1. The Morgan fingerprint density at radius 2 is 1.58 bits per heavy atom. The van der Waals surface area contributed by atoms with Gasteiger partial charge in [-0.3, -0.25) is 14.5 Å². The molecule has 4 nitrogen and oxygen atoms in total. The van der Waals surface area contributed by atoms with Crippen molar-refractivity contribution in [3.05, 3.63) is 60.2 Å². The van der Waals surface area contributed by atoms with Gasteiger partial charge in [0.15, 0.2) is 5.78 Å². The predicted octanol–water partition coefficient (Wildman–Crippen LogP) is 3.42. The number of carbonyl (C=O) groups is 2. The minimum absolute atomic E-state index is 0.0744. The number of esters is 1. The van der Waals surface area contributed by atoms with Gasteiger partial charge in [0.1, 0.15) is 0 Å². The highest BCUT2D eigenvalue weighted by Gasteiger charge is 2.11. The molecular weight excluding hydrogens is 302 g/mol. The minimum Gasteiger partial charge on any atom is -0.465 e. The Hall–Kier alpha value is -2.46. The molecule has 0 unspecified atom stereocenters. The predicted molar refractivity (Wildman–Crippen MR) is 95.0 cm³/mol. The molecule has 0 N–H and O–H groups in total. The van der Waals surface area contributed by atoms with Crippen LogP contribution in [0.25, 0.3) is 11.1 Å². The van der Waals surface area contributed by atoms with E-state index in [1.807, 2.05) is 61.6 Å². The van der Waals surface area contributed by atoms with E-state index < -0.39 is 0 Å². The Labute approximate surface area is 143 Å². The summed E-state index contributed by atoms with van der Waals surface area (Å²) in [5.74, 6) is -0.190. The SMILES string of the molecule is CCOC(=O)CN(C)CCC(=O)c1ccc(-c2ccccc2)cc1. The number of nitrogens with zero attached hydrogens (tertiary/aromatic N) is 1. The molecular formula is C20H23NO3. The molecule has 0 fully saturated rings. The number of hydrogen-bond acceptors (Lipinski definition) is 4. The van der Waals surface area contributed by atoms with Crippen molar-refractivity contribution in [1.29, 1.82) is 0 Å². The van der Waals surface area contributed by atoms with Crippen molar-refractivity contribution < 1.29 is 14.3 Å². The standard InChI is InChI=1S/C20H23NO3/c1-3-24-20(23)15-21(2)14-13-19(22)18-11-9-17(10-12-18)16-7-5-4-6-8-16/h4-12H,3,13-15H2,1-2H3. The molecule has 0 atom stereocenters. The van der Waals surface area contributed by atoms with E-state index in [0.717, 1.165) is 11.1 Å². The van der Waals surface area contributed by atoms with Crippen LogP contribution in [0.3, 0.4) is 0 Å². The largest absolute Gasteiger partial charge is 0.465 e. The molecule has 0 radical (unpaired) electrons. The normalized spacial score (nSPS) is 10.6. The summed E-state index contributed by atoms with van der Waals surface area (Å²) in [7, 11) is 1.81. The third-order valence-electron chi connectivity index (χ3n) is 3.74. The Kier molecular flexibility index (Phi) is 6.70. The zero-order valence-corrected chi connectivity index (χ0v) is 14.2. The van der Waals surface area contributed by atoms with Gasteiger partial charge in [0.05, 0.1) is 13.2 Å². The van der Waals surface area contributed by atoms with Crippen LogP contribution in [0.5, 0.6) is 0 Å². The summed E-state index contributed by atoms with van der Waals surface area (Å²) in [5, 5.41) is 0. The number of rotatable bonds is 8.